The largest absolute Gasteiger partial charge is 0.455 e. The highest BCUT2D eigenvalue weighted by Gasteiger charge is 2.16. The quantitative estimate of drug-likeness (QED) is 0.346. The molecular weight excluding hydrogens is 382 g/mol. The predicted octanol–water partition coefficient (Wildman–Crippen LogP) is 4.64. The summed E-state index contributed by atoms with van der Waals surface area (Å²) >= 11 is 2.94. The number of aromatic nitrogens is 3. The van der Waals surface area contributed by atoms with E-state index in [0.717, 1.165) is 26.7 Å². The lowest BCUT2D eigenvalue weighted by molar-refractivity contribution is 0.0467. The second kappa shape index (κ2) is 7.89. The molecular formula is C19H15N3O3S2. The molecule has 27 heavy (non-hydrogen) atoms. The van der Waals surface area contributed by atoms with Crippen molar-refractivity contribution in [2.45, 2.75) is 24.3 Å². The number of carbonyl (C=O) groups is 1. The maximum Gasteiger partial charge on any atom is 0.341 e. The number of nitrogens with zero attached hydrogens (tertiary/aromatic N) is 3. The highest BCUT2D eigenvalue weighted by atomic mass is 32.2. The molecule has 0 saturated carbocycles. The van der Waals surface area contributed by atoms with Crippen LogP contribution in [0.4, 0.5) is 0 Å². The van der Waals surface area contributed by atoms with Crippen LogP contribution in [0.5, 0.6) is 0 Å². The van der Waals surface area contributed by atoms with Gasteiger partial charge in [-0.3, -0.25) is 0 Å². The number of pyridine rings is 1. The predicted molar refractivity (Wildman–Crippen MR) is 104 cm³/mol. The number of fused-ring (bicyclic) bond motifs is 1. The highest BCUT2D eigenvalue weighted by molar-refractivity contribution is 7.98. The molecule has 1 aromatic carbocycles. The van der Waals surface area contributed by atoms with Gasteiger partial charge in [0.15, 0.2) is 0 Å². The summed E-state index contributed by atoms with van der Waals surface area (Å²) in [4.78, 5) is 21.3. The Balaban J connectivity index is 1.43. The second-order valence-corrected chi connectivity index (χ2v) is 7.80. The zero-order valence-electron chi connectivity index (χ0n) is 14.4. The third-order valence-electron chi connectivity index (χ3n) is 3.69. The highest BCUT2D eigenvalue weighted by Crippen LogP contribution is 2.26. The van der Waals surface area contributed by atoms with Crippen molar-refractivity contribution in [1.29, 1.82) is 0 Å². The van der Waals surface area contributed by atoms with E-state index in [1.807, 2.05) is 37.3 Å². The maximum absolute atomic E-state index is 12.5. The van der Waals surface area contributed by atoms with Gasteiger partial charge in [-0.15, -0.1) is 11.3 Å². The van der Waals surface area contributed by atoms with E-state index in [9.17, 15) is 4.79 Å². The van der Waals surface area contributed by atoms with Gasteiger partial charge in [-0.1, -0.05) is 29.1 Å². The molecule has 6 nitrogen and oxygen atoms in total. The minimum atomic E-state index is -0.416. The molecule has 8 heteroatoms. The lowest BCUT2D eigenvalue weighted by Crippen LogP contribution is -2.07. The van der Waals surface area contributed by atoms with Crippen LogP contribution in [-0.4, -0.2) is 21.1 Å². The molecule has 0 saturated heterocycles. The van der Waals surface area contributed by atoms with Crippen LogP contribution in [0, 0.1) is 6.92 Å². The monoisotopic (exact) mass is 397 g/mol. The number of carbonyl (C=O) groups excluding carboxylic acids is 1. The maximum atomic E-state index is 12.5. The zero-order chi connectivity index (χ0) is 18.6. The number of rotatable bonds is 6. The number of esters is 1. The van der Waals surface area contributed by atoms with Gasteiger partial charge in [0, 0.05) is 18.0 Å². The fraction of sp³-hybridized carbons (Fsp3) is 0.158. The fourth-order valence-electron chi connectivity index (χ4n) is 2.48. The average molecular weight is 397 g/mol. The van der Waals surface area contributed by atoms with E-state index in [-0.39, 0.29) is 6.61 Å². The molecule has 0 aliphatic rings. The van der Waals surface area contributed by atoms with Gasteiger partial charge in [0.05, 0.1) is 21.5 Å². The smallest absolute Gasteiger partial charge is 0.341 e. The molecule has 3 heterocycles. The molecule has 0 fully saturated rings. The topological polar surface area (TPSA) is 78.1 Å². The molecule has 0 spiro atoms. The molecule has 0 unspecified atom stereocenters. The standard InChI is InChI=1S/C19H15N3O3S2/c1-12-9-13(22-25-12)11-26-18-14(5-4-8-20-18)19(23)24-10-17-21-15-6-2-3-7-16(15)27-17/h2-9H,10-11H2,1H3. The van der Waals surface area contributed by atoms with Crippen molar-refractivity contribution in [3.8, 4) is 0 Å². The van der Waals surface area contributed by atoms with Crippen LogP contribution in [0.15, 0.2) is 58.2 Å². The van der Waals surface area contributed by atoms with E-state index < -0.39 is 5.97 Å². The van der Waals surface area contributed by atoms with Gasteiger partial charge in [-0.2, -0.15) is 0 Å². The first-order valence-electron chi connectivity index (χ1n) is 8.20. The Morgan fingerprint density at radius 1 is 1.26 bits per heavy atom. The van der Waals surface area contributed by atoms with Gasteiger partial charge in [-0.25, -0.2) is 14.8 Å². The molecule has 3 aromatic heterocycles. The van der Waals surface area contributed by atoms with Crippen molar-refractivity contribution in [2.24, 2.45) is 0 Å². The van der Waals surface area contributed by atoms with E-state index in [1.54, 1.807) is 18.3 Å². The zero-order valence-corrected chi connectivity index (χ0v) is 16.0. The van der Waals surface area contributed by atoms with Gasteiger partial charge in [-0.05, 0) is 31.2 Å². The molecule has 4 rings (SSSR count). The summed E-state index contributed by atoms with van der Waals surface area (Å²) in [6, 6.07) is 13.1. The minimum absolute atomic E-state index is 0.139. The van der Waals surface area contributed by atoms with Crippen molar-refractivity contribution in [2.75, 3.05) is 0 Å². The summed E-state index contributed by atoms with van der Waals surface area (Å²) in [5.74, 6) is 0.898. The number of aryl methyl sites for hydroxylation is 1. The molecule has 0 atom stereocenters. The Kier molecular flexibility index (Phi) is 5.17. The number of thioether (sulfide) groups is 1. The lowest BCUT2D eigenvalue weighted by atomic mass is 10.3. The molecule has 0 radical (unpaired) electrons. The Bertz CT molecular complexity index is 1060. The van der Waals surface area contributed by atoms with Gasteiger partial charge < -0.3 is 9.26 Å². The Morgan fingerprint density at radius 2 is 2.15 bits per heavy atom. The summed E-state index contributed by atoms with van der Waals surface area (Å²) in [5.41, 5.74) is 2.15. The third-order valence-corrected chi connectivity index (χ3v) is 5.74. The third kappa shape index (κ3) is 4.17. The number of ether oxygens (including phenoxy) is 1. The van der Waals surface area contributed by atoms with E-state index in [2.05, 4.69) is 15.1 Å². The van der Waals surface area contributed by atoms with Crippen molar-refractivity contribution in [1.82, 2.24) is 15.1 Å². The Hall–Kier alpha value is -2.71. The number of thiazole rings is 1. The first-order valence-corrected chi connectivity index (χ1v) is 10.0. The van der Waals surface area contributed by atoms with Crippen molar-refractivity contribution < 1.29 is 14.1 Å². The van der Waals surface area contributed by atoms with Crippen molar-refractivity contribution in [3.05, 3.63) is 70.7 Å². The first-order chi connectivity index (χ1) is 13.2. The summed E-state index contributed by atoms with van der Waals surface area (Å²) in [7, 11) is 0. The van der Waals surface area contributed by atoms with Gasteiger partial charge in [0.1, 0.15) is 22.4 Å². The first kappa shape index (κ1) is 17.7. The molecule has 0 aliphatic heterocycles. The average Bonchev–Trinajstić information content (AvgIpc) is 3.30. The Morgan fingerprint density at radius 3 is 2.96 bits per heavy atom. The van der Waals surface area contributed by atoms with Crippen LogP contribution in [0.25, 0.3) is 10.2 Å². The minimum Gasteiger partial charge on any atom is -0.455 e. The normalized spacial score (nSPS) is 11.0. The number of hydrogen-bond acceptors (Lipinski definition) is 8. The van der Waals surface area contributed by atoms with E-state index in [1.165, 1.54) is 23.1 Å². The van der Waals surface area contributed by atoms with Gasteiger partial charge in [0.2, 0.25) is 0 Å². The molecule has 4 aromatic rings. The fourth-order valence-corrected chi connectivity index (χ4v) is 4.22. The van der Waals surface area contributed by atoms with Crippen LogP contribution in [0.3, 0.4) is 0 Å². The number of benzene rings is 1. The summed E-state index contributed by atoms with van der Waals surface area (Å²) < 4.78 is 11.6. The number of hydrogen-bond donors (Lipinski definition) is 0. The van der Waals surface area contributed by atoms with Crippen LogP contribution < -0.4 is 0 Å². The van der Waals surface area contributed by atoms with Crippen LogP contribution in [0.2, 0.25) is 0 Å². The number of para-hydroxylation sites is 1. The van der Waals surface area contributed by atoms with E-state index >= 15 is 0 Å². The summed E-state index contributed by atoms with van der Waals surface area (Å²) in [5, 5.41) is 5.32. The SMILES string of the molecule is Cc1cc(CSc2ncccc2C(=O)OCc2nc3ccccc3s2)no1. The Labute approximate surface area is 163 Å². The van der Waals surface area contributed by atoms with Crippen molar-refractivity contribution in [3.63, 3.8) is 0 Å². The molecule has 136 valence electrons. The van der Waals surface area contributed by atoms with Crippen LogP contribution in [-0.2, 0) is 17.1 Å². The van der Waals surface area contributed by atoms with E-state index in [0.29, 0.717) is 16.3 Å². The van der Waals surface area contributed by atoms with Gasteiger partial charge in [0.25, 0.3) is 0 Å². The molecule has 0 aliphatic carbocycles. The van der Waals surface area contributed by atoms with E-state index in [4.69, 9.17) is 9.26 Å². The van der Waals surface area contributed by atoms with Gasteiger partial charge >= 0.3 is 5.97 Å². The summed E-state index contributed by atoms with van der Waals surface area (Å²) in [6.07, 6.45) is 1.65. The lowest BCUT2D eigenvalue weighted by Gasteiger charge is -2.07. The van der Waals surface area contributed by atoms with Crippen LogP contribution in [0.1, 0.15) is 26.8 Å². The van der Waals surface area contributed by atoms with Crippen LogP contribution >= 0.6 is 23.1 Å². The molecule has 0 bridgehead atoms. The molecule has 0 amide bonds. The summed E-state index contributed by atoms with van der Waals surface area (Å²) in [6.45, 7) is 1.98. The molecule has 0 N–H and O–H groups in total. The van der Waals surface area contributed by atoms with Crippen molar-refractivity contribution >= 4 is 39.3 Å². The second-order valence-electron chi connectivity index (χ2n) is 5.73.